The Morgan fingerprint density at radius 3 is 2.76 bits per heavy atom. The summed E-state index contributed by atoms with van der Waals surface area (Å²) in [5, 5.41) is 4.17. The zero-order valence-corrected chi connectivity index (χ0v) is 17.5. The minimum Gasteiger partial charge on any atom is -0.454 e. The fourth-order valence-electron chi connectivity index (χ4n) is 4.77. The number of hydrogen-bond donors (Lipinski definition) is 2. The Balaban J connectivity index is 1.64. The van der Waals surface area contributed by atoms with Gasteiger partial charge in [0, 0.05) is 17.4 Å². The number of rotatable bonds is 4. The van der Waals surface area contributed by atoms with Gasteiger partial charge in [-0.15, -0.1) is 11.3 Å². The molecule has 29 heavy (non-hydrogen) atoms. The molecule has 3 aliphatic rings. The summed E-state index contributed by atoms with van der Waals surface area (Å²) in [4.78, 5) is 14.9. The van der Waals surface area contributed by atoms with Gasteiger partial charge in [0.25, 0.3) is 0 Å². The van der Waals surface area contributed by atoms with Crippen LogP contribution in [0.1, 0.15) is 47.4 Å². The van der Waals surface area contributed by atoms with E-state index in [-0.39, 0.29) is 18.7 Å². The van der Waals surface area contributed by atoms with Gasteiger partial charge in [0.1, 0.15) is 24.1 Å². The zero-order valence-electron chi connectivity index (χ0n) is 16.7. The lowest BCUT2D eigenvalue weighted by molar-refractivity contribution is -0.933. The molecule has 1 unspecified atom stereocenters. The maximum absolute atomic E-state index is 12.0. The van der Waals surface area contributed by atoms with Crippen LogP contribution in [0.25, 0.3) is 0 Å². The van der Waals surface area contributed by atoms with Gasteiger partial charge in [-0.1, -0.05) is 0 Å². The quantitative estimate of drug-likeness (QED) is 0.805. The average molecular weight is 416 g/mol. The SMILES string of the molecule is CC(=O)Nc1sc2c(c1C(c1ccc3c(c1)OCO3)[NH+]1CCOCC1)CCCC2. The predicted octanol–water partition coefficient (Wildman–Crippen LogP) is 2.32. The number of benzene rings is 1. The summed E-state index contributed by atoms with van der Waals surface area (Å²) in [5.41, 5.74) is 3.96. The zero-order chi connectivity index (χ0) is 19.8. The molecule has 154 valence electrons. The molecule has 1 saturated heterocycles. The van der Waals surface area contributed by atoms with Gasteiger partial charge in [0.05, 0.1) is 18.8 Å². The smallest absolute Gasteiger partial charge is 0.231 e. The van der Waals surface area contributed by atoms with E-state index in [0.717, 1.165) is 55.6 Å². The summed E-state index contributed by atoms with van der Waals surface area (Å²) in [6.07, 6.45) is 4.64. The molecular formula is C22H27N2O4S+. The second kappa shape index (κ2) is 7.97. The number of ether oxygens (including phenoxy) is 3. The fraction of sp³-hybridized carbons (Fsp3) is 0.500. The number of nitrogens with one attached hydrogen (secondary N) is 2. The van der Waals surface area contributed by atoms with Crippen LogP contribution in [0.3, 0.4) is 0 Å². The van der Waals surface area contributed by atoms with Crippen LogP contribution in [0.2, 0.25) is 0 Å². The summed E-state index contributed by atoms with van der Waals surface area (Å²) in [5.74, 6) is 1.61. The lowest BCUT2D eigenvalue weighted by Gasteiger charge is -2.33. The van der Waals surface area contributed by atoms with Gasteiger partial charge in [-0.25, -0.2) is 0 Å². The summed E-state index contributed by atoms with van der Waals surface area (Å²) in [7, 11) is 0. The normalized spacial score (nSPS) is 19.6. The maximum atomic E-state index is 12.0. The van der Waals surface area contributed by atoms with Crippen molar-refractivity contribution in [3.05, 3.63) is 39.8 Å². The standard InChI is InChI=1S/C22H26N2O4S/c1-14(25)23-22-20(16-4-2-3-5-19(16)29-22)21(24-8-10-26-11-9-24)15-6-7-17-18(12-15)28-13-27-17/h6-7,12,21H,2-5,8-11,13H2,1H3,(H,23,25)/p+1. The molecule has 0 bridgehead atoms. The van der Waals surface area contributed by atoms with Crippen LogP contribution in [0.4, 0.5) is 5.00 Å². The minimum absolute atomic E-state index is 0.00809. The van der Waals surface area contributed by atoms with E-state index in [2.05, 4.69) is 17.4 Å². The number of morpholine rings is 1. The number of amides is 1. The van der Waals surface area contributed by atoms with Crippen LogP contribution in [0, 0.1) is 0 Å². The van der Waals surface area contributed by atoms with E-state index in [1.165, 1.54) is 39.3 Å². The van der Waals surface area contributed by atoms with Gasteiger partial charge >= 0.3 is 0 Å². The van der Waals surface area contributed by atoms with E-state index in [4.69, 9.17) is 14.2 Å². The van der Waals surface area contributed by atoms with Crippen LogP contribution < -0.4 is 19.7 Å². The fourth-order valence-corrected chi connectivity index (χ4v) is 6.14. The molecule has 5 rings (SSSR count). The first kappa shape index (κ1) is 18.9. The van der Waals surface area contributed by atoms with Crippen molar-refractivity contribution in [3.63, 3.8) is 0 Å². The van der Waals surface area contributed by atoms with Gasteiger partial charge < -0.3 is 24.4 Å². The number of quaternary nitrogens is 1. The van der Waals surface area contributed by atoms with Gasteiger partial charge in [-0.2, -0.15) is 0 Å². The summed E-state index contributed by atoms with van der Waals surface area (Å²) < 4.78 is 16.9. The van der Waals surface area contributed by atoms with Crippen molar-refractivity contribution < 1.29 is 23.9 Å². The highest BCUT2D eigenvalue weighted by Gasteiger charge is 2.36. The molecule has 7 heteroatoms. The van der Waals surface area contributed by atoms with Crippen LogP contribution in [0.5, 0.6) is 11.5 Å². The third-order valence-corrected chi connectivity index (χ3v) is 7.29. The second-order valence-corrected chi connectivity index (χ2v) is 9.06. The number of carbonyl (C=O) groups is 1. The molecule has 1 amide bonds. The highest BCUT2D eigenvalue weighted by molar-refractivity contribution is 7.16. The van der Waals surface area contributed by atoms with Crippen molar-refractivity contribution >= 4 is 22.2 Å². The molecule has 0 spiro atoms. The van der Waals surface area contributed by atoms with Crippen LogP contribution in [-0.2, 0) is 22.4 Å². The van der Waals surface area contributed by atoms with Crippen molar-refractivity contribution in [3.8, 4) is 11.5 Å². The summed E-state index contributed by atoms with van der Waals surface area (Å²) in [6, 6.07) is 6.44. The number of carbonyl (C=O) groups excluding carboxylic acids is 1. The van der Waals surface area contributed by atoms with E-state index >= 15 is 0 Å². The molecule has 3 heterocycles. The summed E-state index contributed by atoms with van der Waals surface area (Å²) in [6.45, 7) is 5.29. The van der Waals surface area contributed by atoms with Gasteiger partial charge in [0.2, 0.25) is 12.7 Å². The first-order valence-electron chi connectivity index (χ1n) is 10.4. The Morgan fingerprint density at radius 2 is 1.93 bits per heavy atom. The van der Waals surface area contributed by atoms with Gasteiger partial charge in [0.15, 0.2) is 11.5 Å². The molecule has 1 atom stereocenters. The topological polar surface area (TPSA) is 61.2 Å². The molecular weight excluding hydrogens is 388 g/mol. The van der Waals surface area contributed by atoms with E-state index in [1.54, 1.807) is 18.3 Å². The van der Waals surface area contributed by atoms with Crippen LogP contribution in [0.15, 0.2) is 18.2 Å². The number of aryl methyl sites for hydroxylation is 1. The molecule has 2 aliphatic heterocycles. The number of anilines is 1. The van der Waals surface area contributed by atoms with Crippen LogP contribution >= 0.6 is 11.3 Å². The van der Waals surface area contributed by atoms with Gasteiger partial charge in [-0.3, -0.25) is 4.79 Å². The minimum atomic E-state index is -0.00809. The summed E-state index contributed by atoms with van der Waals surface area (Å²) >= 11 is 1.77. The number of thiophene rings is 1. The Labute approximate surface area is 174 Å². The van der Waals surface area contributed by atoms with Crippen molar-refractivity contribution in [2.45, 2.75) is 38.6 Å². The monoisotopic (exact) mass is 415 g/mol. The van der Waals surface area contributed by atoms with E-state index in [1.807, 2.05) is 6.07 Å². The van der Waals surface area contributed by atoms with Crippen molar-refractivity contribution in [1.82, 2.24) is 0 Å². The maximum Gasteiger partial charge on any atom is 0.231 e. The lowest BCUT2D eigenvalue weighted by atomic mass is 9.88. The Kier molecular flexibility index (Phi) is 5.20. The highest BCUT2D eigenvalue weighted by atomic mass is 32.1. The third-order valence-electron chi connectivity index (χ3n) is 6.06. The van der Waals surface area contributed by atoms with Crippen LogP contribution in [-0.4, -0.2) is 39.0 Å². The molecule has 1 aromatic heterocycles. The van der Waals surface area contributed by atoms with Gasteiger partial charge in [-0.05, 0) is 49.4 Å². The third kappa shape index (κ3) is 3.63. The Hall–Kier alpha value is -2.09. The second-order valence-electron chi connectivity index (χ2n) is 7.95. The molecule has 2 aromatic rings. The first-order valence-corrected chi connectivity index (χ1v) is 11.3. The highest BCUT2D eigenvalue weighted by Crippen LogP contribution is 2.44. The largest absolute Gasteiger partial charge is 0.454 e. The Morgan fingerprint density at radius 1 is 1.14 bits per heavy atom. The molecule has 1 aliphatic carbocycles. The molecule has 0 saturated carbocycles. The van der Waals surface area contributed by atoms with E-state index < -0.39 is 0 Å². The van der Waals surface area contributed by atoms with Crippen molar-refractivity contribution in [2.24, 2.45) is 0 Å². The van der Waals surface area contributed by atoms with Crippen molar-refractivity contribution in [2.75, 3.05) is 38.4 Å². The first-order chi connectivity index (χ1) is 14.2. The molecule has 1 aromatic carbocycles. The Bertz CT molecular complexity index is 920. The molecule has 0 radical (unpaired) electrons. The molecule has 1 fully saturated rings. The van der Waals surface area contributed by atoms with E-state index in [9.17, 15) is 4.79 Å². The molecule has 2 N–H and O–H groups in total. The van der Waals surface area contributed by atoms with Crippen molar-refractivity contribution in [1.29, 1.82) is 0 Å². The van der Waals surface area contributed by atoms with E-state index in [0.29, 0.717) is 0 Å². The molecule has 6 nitrogen and oxygen atoms in total. The number of hydrogen-bond acceptors (Lipinski definition) is 5. The average Bonchev–Trinajstić information content (AvgIpc) is 3.33. The lowest BCUT2D eigenvalue weighted by Crippen LogP contribution is -3.14. The number of fused-ring (bicyclic) bond motifs is 2. The predicted molar refractivity (Wildman–Crippen MR) is 111 cm³/mol.